The zero-order chi connectivity index (χ0) is 16.9. The maximum atomic E-state index is 12.5. The molecule has 1 aromatic carbocycles. The molecule has 134 valence electrons. The first-order valence-electron chi connectivity index (χ1n) is 8.44. The molecule has 0 unspecified atom stereocenters. The molecule has 1 aliphatic rings. The van der Waals surface area contributed by atoms with Crippen molar-refractivity contribution in [2.24, 2.45) is 11.1 Å². The number of hydrogen-bond acceptors (Lipinski definition) is 3. The Bertz CT molecular complexity index is 565. The summed E-state index contributed by atoms with van der Waals surface area (Å²) in [5, 5.41) is 2.79. The first-order chi connectivity index (χ1) is 11.1. The molecule has 0 aliphatic carbocycles. The summed E-state index contributed by atoms with van der Waals surface area (Å²) in [6.07, 6.45) is 3.29. The van der Waals surface area contributed by atoms with E-state index in [-0.39, 0.29) is 30.8 Å². The zero-order valence-electron chi connectivity index (χ0n) is 14.5. The lowest BCUT2D eigenvalue weighted by atomic mass is 9.81. The Balaban J connectivity index is 0.00000288. The highest BCUT2D eigenvalue weighted by molar-refractivity contribution is 5.98. The summed E-state index contributed by atoms with van der Waals surface area (Å²) in [4.78, 5) is 26.7. The molecule has 1 aromatic rings. The van der Waals surface area contributed by atoms with Gasteiger partial charge in [0.15, 0.2) is 0 Å². The van der Waals surface area contributed by atoms with Gasteiger partial charge in [0.05, 0.1) is 12.0 Å². The minimum absolute atomic E-state index is 0. The lowest BCUT2D eigenvalue weighted by Crippen LogP contribution is -2.49. The van der Waals surface area contributed by atoms with E-state index in [0.29, 0.717) is 25.9 Å². The van der Waals surface area contributed by atoms with Crippen LogP contribution in [0.15, 0.2) is 24.3 Å². The average molecular weight is 354 g/mol. The molecule has 0 fully saturated rings. The first kappa shape index (κ1) is 20.5. The van der Waals surface area contributed by atoms with Crippen LogP contribution in [0.3, 0.4) is 0 Å². The zero-order valence-corrected chi connectivity index (χ0v) is 15.3. The summed E-state index contributed by atoms with van der Waals surface area (Å²) in [5.74, 6) is -0.188. The van der Waals surface area contributed by atoms with Crippen molar-refractivity contribution in [3.63, 3.8) is 0 Å². The molecule has 2 amide bonds. The molecule has 24 heavy (non-hydrogen) atoms. The molecule has 5 nitrogen and oxygen atoms in total. The Hall–Kier alpha value is -1.59. The summed E-state index contributed by atoms with van der Waals surface area (Å²) >= 11 is 0. The van der Waals surface area contributed by atoms with E-state index in [1.165, 1.54) is 5.56 Å². The van der Waals surface area contributed by atoms with Crippen molar-refractivity contribution in [2.75, 3.05) is 24.5 Å². The Morgan fingerprint density at radius 3 is 2.54 bits per heavy atom. The SMILES string of the molecule is CCC(CC)(CN)C(=O)NCC(=O)N1CCCc2ccccc21.Cl. The summed E-state index contributed by atoms with van der Waals surface area (Å²) in [7, 11) is 0. The van der Waals surface area contributed by atoms with E-state index < -0.39 is 5.41 Å². The minimum atomic E-state index is -0.569. The number of para-hydroxylation sites is 1. The number of fused-ring (bicyclic) bond motifs is 1. The van der Waals surface area contributed by atoms with Gasteiger partial charge in [-0.05, 0) is 37.3 Å². The van der Waals surface area contributed by atoms with Crippen molar-refractivity contribution in [2.45, 2.75) is 39.5 Å². The first-order valence-corrected chi connectivity index (χ1v) is 8.44. The highest BCUT2D eigenvalue weighted by Gasteiger charge is 2.33. The summed E-state index contributed by atoms with van der Waals surface area (Å²) in [5.41, 5.74) is 7.37. The van der Waals surface area contributed by atoms with Crippen LogP contribution in [-0.4, -0.2) is 31.4 Å². The van der Waals surface area contributed by atoms with Crippen LogP contribution in [0.25, 0.3) is 0 Å². The monoisotopic (exact) mass is 353 g/mol. The number of carbonyl (C=O) groups is 2. The van der Waals surface area contributed by atoms with Gasteiger partial charge in [-0.1, -0.05) is 32.0 Å². The third-order valence-corrected chi connectivity index (χ3v) is 5.04. The summed E-state index contributed by atoms with van der Waals surface area (Å²) < 4.78 is 0. The number of hydrogen-bond donors (Lipinski definition) is 2. The predicted octanol–water partition coefficient (Wildman–Crippen LogP) is 2.27. The van der Waals surface area contributed by atoms with Gasteiger partial charge in [-0.3, -0.25) is 9.59 Å². The number of carbonyl (C=O) groups excluding carboxylic acids is 2. The molecule has 0 atom stereocenters. The smallest absolute Gasteiger partial charge is 0.246 e. The van der Waals surface area contributed by atoms with Crippen LogP contribution >= 0.6 is 12.4 Å². The number of nitrogens with zero attached hydrogens (tertiary/aromatic N) is 1. The number of amides is 2. The third-order valence-electron chi connectivity index (χ3n) is 5.04. The molecule has 0 bridgehead atoms. The van der Waals surface area contributed by atoms with E-state index in [1.54, 1.807) is 4.90 Å². The Kier molecular flexibility index (Phi) is 7.70. The number of benzene rings is 1. The number of nitrogens with one attached hydrogen (secondary N) is 1. The highest BCUT2D eigenvalue weighted by Crippen LogP contribution is 2.27. The van der Waals surface area contributed by atoms with Crippen LogP contribution in [0.1, 0.15) is 38.7 Å². The molecule has 0 saturated heterocycles. The van der Waals surface area contributed by atoms with E-state index in [9.17, 15) is 9.59 Å². The van der Waals surface area contributed by atoms with E-state index in [0.717, 1.165) is 18.5 Å². The Labute approximate surface area is 150 Å². The van der Waals surface area contributed by atoms with Gasteiger partial charge in [0.2, 0.25) is 11.8 Å². The summed E-state index contributed by atoms with van der Waals surface area (Å²) in [6, 6.07) is 7.96. The van der Waals surface area contributed by atoms with Gasteiger partial charge in [0.1, 0.15) is 0 Å². The van der Waals surface area contributed by atoms with E-state index in [4.69, 9.17) is 5.73 Å². The number of rotatable bonds is 6. The molecule has 0 saturated carbocycles. The molecule has 1 aliphatic heterocycles. The number of anilines is 1. The fourth-order valence-corrected chi connectivity index (χ4v) is 3.18. The van der Waals surface area contributed by atoms with E-state index in [2.05, 4.69) is 11.4 Å². The standard InChI is InChI=1S/C18H27N3O2.ClH/c1-3-18(4-2,13-19)17(23)20-12-16(22)21-11-7-9-14-8-5-6-10-15(14)21;/h5-6,8,10H,3-4,7,9,11-13,19H2,1-2H3,(H,20,23);1H. The molecule has 6 heteroatoms. The maximum absolute atomic E-state index is 12.5. The molecule has 3 N–H and O–H groups in total. The van der Waals surface area contributed by atoms with Crippen molar-refractivity contribution in [1.29, 1.82) is 0 Å². The number of nitrogens with two attached hydrogens (primary N) is 1. The van der Waals surface area contributed by atoms with Gasteiger partial charge < -0.3 is 16.0 Å². The fraction of sp³-hybridized carbons (Fsp3) is 0.556. The largest absolute Gasteiger partial charge is 0.346 e. The molecular formula is C18H28ClN3O2. The van der Waals surface area contributed by atoms with Gasteiger partial charge in [0, 0.05) is 18.8 Å². The number of halogens is 1. The van der Waals surface area contributed by atoms with Crippen molar-refractivity contribution in [3.8, 4) is 0 Å². The topological polar surface area (TPSA) is 75.4 Å². The second kappa shape index (κ2) is 9.04. The molecule has 0 aromatic heterocycles. The van der Waals surface area contributed by atoms with Gasteiger partial charge in [-0.2, -0.15) is 0 Å². The van der Waals surface area contributed by atoms with Crippen molar-refractivity contribution < 1.29 is 9.59 Å². The highest BCUT2D eigenvalue weighted by atomic mass is 35.5. The lowest BCUT2D eigenvalue weighted by Gasteiger charge is -2.31. The normalized spacial score (nSPS) is 13.7. The van der Waals surface area contributed by atoms with Gasteiger partial charge in [0.25, 0.3) is 0 Å². The van der Waals surface area contributed by atoms with Gasteiger partial charge in [-0.25, -0.2) is 0 Å². The van der Waals surface area contributed by atoms with Crippen LogP contribution < -0.4 is 16.0 Å². The maximum Gasteiger partial charge on any atom is 0.246 e. The lowest BCUT2D eigenvalue weighted by molar-refractivity contribution is -0.132. The van der Waals surface area contributed by atoms with Crippen LogP contribution in [0.5, 0.6) is 0 Å². The van der Waals surface area contributed by atoms with Crippen LogP contribution in [0.4, 0.5) is 5.69 Å². The van der Waals surface area contributed by atoms with E-state index in [1.807, 2.05) is 32.0 Å². The van der Waals surface area contributed by atoms with Crippen LogP contribution in [0, 0.1) is 5.41 Å². The quantitative estimate of drug-likeness (QED) is 0.823. The fourth-order valence-electron chi connectivity index (χ4n) is 3.18. The average Bonchev–Trinajstić information content (AvgIpc) is 2.61. The minimum Gasteiger partial charge on any atom is -0.346 e. The second-order valence-corrected chi connectivity index (χ2v) is 6.15. The third kappa shape index (κ3) is 4.08. The Morgan fingerprint density at radius 2 is 1.92 bits per heavy atom. The van der Waals surface area contributed by atoms with Gasteiger partial charge in [-0.15, -0.1) is 12.4 Å². The molecular weight excluding hydrogens is 326 g/mol. The van der Waals surface area contributed by atoms with Crippen LogP contribution in [-0.2, 0) is 16.0 Å². The molecule has 2 rings (SSSR count). The van der Waals surface area contributed by atoms with E-state index >= 15 is 0 Å². The van der Waals surface area contributed by atoms with Crippen molar-refractivity contribution in [1.82, 2.24) is 5.32 Å². The Morgan fingerprint density at radius 1 is 1.25 bits per heavy atom. The predicted molar refractivity (Wildman–Crippen MR) is 99.4 cm³/mol. The molecule has 1 heterocycles. The molecule has 0 spiro atoms. The number of aryl methyl sites for hydroxylation is 1. The molecule has 0 radical (unpaired) electrons. The summed E-state index contributed by atoms with van der Waals surface area (Å²) in [6.45, 7) is 4.94. The second-order valence-electron chi connectivity index (χ2n) is 6.15. The van der Waals surface area contributed by atoms with Crippen molar-refractivity contribution >= 4 is 29.9 Å². The van der Waals surface area contributed by atoms with Gasteiger partial charge >= 0.3 is 0 Å². The van der Waals surface area contributed by atoms with Crippen LogP contribution in [0.2, 0.25) is 0 Å². The van der Waals surface area contributed by atoms with Crippen molar-refractivity contribution in [3.05, 3.63) is 29.8 Å².